The summed E-state index contributed by atoms with van der Waals surface area (Å²) >= 11 is 0. The first kappa shape index (κ1) is 14.0. The molecule has 112 valence electrons. The third-order valence-electron chi connectivity index (χ3n) is 3.96. The van der Waals surface area contributed by atoms with Gasteiger partial charge in [0.2, 0.25) is 5.92 Å². The van der Waals surface area contributed by atoms with Gasteiger partial charge in [0, 0.05) is 24.8 Å². The lowest BCUT2D eigenvalue weighted by Crippen LogP contribution is -2.38. The Hall–Kier alpha value is -1.98. The largest absolute Gasteiger partial charge is 0.464 e. The Bertz CT molecular complexity index is 701. The fourth-order valence-corrected chi connectivity index (χ4v) is 2.90. The van der Waals surface area contributed by atoms with E-state index in [0.717, 1.165) is 5.56 Å². The molecule has 6 heteroatoms. The molecule has 3 rings (SSSR count). The van der Waals surface area contributed by atoms with Crippen molar-refractivity contribution in [2.45, 2.75) is 32.2 Å². The van der Waals surface area contributed by atoms with Gasteiger partial charge in [-0.2, -0.15) is 5.10 Å². The van der Waals surface area contributed by atoms with Crippen LogP contribution < -0.4 is 0 Å². The van der Waals surface area contributed by atoms with Gasteiger partial charge in [-0.05, 0) is 18.4 Å². The average molecular weight is 294 g/mol. The number of carbonyl (C=O) groups excluding carboxylic acids is 1. The molecule has 1 aromatic carbocycles. The Balaban J connectivity index is 2.01. The highest BCUT2D eigenvalue weighted by molar-refractivity contribution is 6.02. The van der Waals surface area contributed by atoms with E-state index in [-0.39, 0.29) is 18.8 Å². The molecule has 4 nitrogen and oxygen atoms in total. The predicted molar refractivity (Wildman–Crippen MR) is 73.5 cm³/mol. The summed E-state index contributed by atoms with van der Waals surface area (Å²) in [4.78, 5) is 12.0. The van der Waals surface area contributed by atoms with Gasteiger partial charge in [0.25, 0.3) is 0 Å². The summed E-state index contributed by atoms with van der Waals surface area (Å²) in [5, 5.41) is 5.12. The second kappa shape index (κ2) is 4.79. The minimum absolute atomic E-state index is 0.150. The summed E-state index contributed by atoms with van der Waals surface area (Å²) < 4.78 is 32.3. The molecule has 1 aromatic heterocycles. The minimum atomic E-state index is -2.57. The Morgan fingerprint density at radius 2 is 2.19 bits per heavy atom. The minimum Gasteiger partial charge on any atom is -0.464 e. The van der Waals surface area contributed by atoms with Gasteiger partial charge in [-0.1, -0.05) is 18.2 Å². The molecule has 1 heterocycles. The first-order chi connectivity index (χ1) is 9.91. The van der Waals surface area contributed by atoms with E-state index in [4.69, 9.17) is 4.74 Å². The fourth-order valence-electron chi connectivity index (χ4n) is 2.90. The topological polar surface area (TPSA) is 44.1 Å². The first-order valence-corrected chi connectivity index (χ1v) is 6.83. The van der Waals surface area contributed by atoms with Gasteiger partial charge in [-0.15, -0.1) is 0 Å². The number of aryl methyl sites for hydroxylation is 1. The number of nitrogens with zero attached hydrogens (tertiary/aromatic N) is 2. The number of fused-ring (bicyclic) bond motifs is 1. The highest BCUT2D eigenvalue weighted by Crippen LogP contribution is 2.43. The molecule has 21 heavy (non-hydrogen) atoms. The van der Waals surface area contributed by atoms with E-state index >= 15 is 0 Å². The highest BCUT2D eigenvalue weighted by atomic mass is 19.3. The summed E-state index contributed by atoms with van der Waals surface area (Å²) in [6.07, 6.45) is -0.300. The van der Waals surface area contributed by atoms with Crippen LogP contribution in [0.15, 0.2) is 18.2 Å². The molecule has 0 atom stereocenters. The van der Waals surface area contributed by atoms with Crippen LogP contribution in [0.4, 0.5) is 8.78 Å². The third kappa shape index (κ3) is 2.39. The molecule has 1 aliphatic carbocycles. The first-order valence-electron chi connectivity index (χ1n) is 6.83. The monoisotopic (exact) mass is 294 g/mol. The summed E-state index contributed by atoms with van der Waals surface area (Å²) in [6, 6.07) is 5.54. The second-order valence-corrected chi connectivity index (χ2v) is 5.62. The van der Waals surface area contributed by atoms with Crippen molar-refractivity contribution in [1.82, 2.24) is 9.78 Å². The van der Waals surface area contributed by atoms with Crippen LogP contribution in [0.5, 0.6) is 0 Å². The summed E-state index contributed by atoms with van der Waals surface area (Å²) in [5.74, 6) is -3.22. The van der Waals surface area contributed by atoms with E-state index in [1.165, 1.54) is 11.8 Å². The molecule has 1 aliphatic rings. The van der Waals surface area contributed by atoms with Crippen LogP contribution in [-0.4, -0.2) is 28.8 Å². The van der Waals surface area contributed by atoms with Crippen LogP contribution >= 0.6 is 0 Å². The standard InChI is InChI=1S/C15H16F2N2O2/c1-9-4-3-5-11-12(9)18-19(13(11)14(20)21-2)8-10-6-15(16,17)7-10/h3-5,10H,6-8H2,1-2H3. The molecule has 1 fully saturated rings. The Kier molecular flexibility index (Phi) is 3.19. The van der Waals surface area contributed by atoms with E-state index in [2.05, 4.69) is 5.10 Å². The van der Waals surface area contributed by atoms with Gasteiger partial charge in [-0.3, -0.25) is 4.68 Å². The predicted octanol–water partition coefficient (Wildman–Crippen LogP) is 3.18. The lowest BCUT2D eigenvalue weighted by Gasteiger charge is -2.34. The van der Waals surface area contributed by atoms with Gasteiger partial charge < -0.3 is 4.74 Å². The smallest absolute Gasteiger partial charge is 0.356 e. The number of aromatic nitrogens is 2. The molecule has 1 saturated carbocycles. The Morgan fingerprint density at radius 3 is 2.81 bits per heavy atom. The number of carbonyl (C=O) groups is 1. The number of halogens is 2. The molecule has 0 amide bonds. The van der Waals surface area contributed by atoms with Gasteiger partial charge in [0.05, 0.1) is 12.6 Å². The molecule has 0 unspecified atom stereocenters. The van der Waals surface area contributed by atoms with E-state index in [0.29, 0.717) is 23.1 Å². The van der Waals surface area contributed by atoms with Crippen LogP contribution in [-0.2, 0) is 11.3 Å². The zero-order valence-corrected chi connectivity index (χ0v) is 11.9. The maximum Gasteiger partial charge on any atom is 0.356 e. The maximum atomic E-state index is 13.0. The van der Waals surface area contributed by atoms with Crippen molar-refractivity contribution in [1.29, 1.82) is 0 Å². The molecule has 0 spiro atoms. The second-order valence-electron chi connectivity index (χ2n) is 5.62. The van der Waals surface area contributed by atoms with Crippen LogP contribution in [0.3, 0.4) is 0 Å². The van der Waals surface area contributed by atoms with Crippen molar-refractivity contribution in [3.63, 3.8) is 0 Å². The van der Waals surface area contributed by atoms with E-state index < -0.39 is 11.9 Å². The van der Waals surface area contributed by atoms with Crippen LogP contribution in [0.1, 0.15) is 28.9 Å². The molecule has 2 aromatic rings. The molecular weight excluding hydrogens is 278 g/mol. The molecule has 0 aliphatic heterocycles. The van der Waals surface area contributed by atoms with Crippen molar-refractivity contribution in [2.75, 3.05) is 7.11 Å². The normalized spacial score (nSPS) is 17.7. The van der Waals surface area contributed by atoms with Crippen LogP contribution in [0.2, 0.25) is 0 Å². The maximum absolute atomic E-state index is 13.0. The number of rotatable bonds is 3. The average Bonchev–Trinajstić information content (AvgIpc) is 2.75. The number of esters is 1. The molecule has 0 bridgehead atoms. The van der Waals surface area contributed by atoms with Crippen molar-refractivity contribution in [2.24, 2.45) is 5.92 Å². The van der Waals surface area contributed by atoms with Crippen molar-refractivity contribution < 1.29 is 18.3 Å². The van der Waals surface area contributed by atoms with E-state index in [1.807, 2.05) is 19.1 Å². The number of hydrogen-bond acceptors (Lipinski definition) is 3. The number of benzene rings is 1. The summed E-state index contributed by atoms with van der Waals surface area (Å²) in [5.41, 5.74) is 1.99. The summed E-state index contributed by atoms with van der Waals surface area (Å²) in [7, 11) is 1.30. The molecule has 0 radical (unpaired) electrons. The number of hydrogen-bond donors (Lipinski definition) is 0. The quantitative estimate of drug-likeness (QED) is 0.817. The highest BCUT2D eigenvalue weighted by Gasteiger charge is 2.45. The molecular formula is C15H16F2N2O2. The third-order valence-corrected chi connectivity index (χ3v) is 3.96. The number of alkyl halides is 2. The fraction of sp³-hybridized carbons (Fsp3) is 0.467. The number of methoxy groups -OCH3 is 1. The van der Waals surface area contributed by atoms with Gasteiger partial charge >= 0.3 is 5.97 Å². The van der Waals surface area contributed by atoms with Crippen LogP contribution in [0.25, 0.3) is 10.9 Å². The number of ether oxygens (including phenoxy) is 1. The van der Waals surface area contributed by atoms with Crippen LogP contribution in [0, 0.1) is 12.8 Å². The van der Waals surface area contributed by atoms with Crippen molar-refractivity contribution >= 4 is 16.9 Å². The zero-order chi connectivity index (χ0) is 15.2. The van der Waals surface area contributed by atoms with Crippen molar-refractivity contribution in [3.8, 4) is 0 Å². The van der Waals surface area contributed by atoms with Gasteiger partial charge in [0.1, 0.15) is 0 Å². The molecule has 0 N–H and O–H groups in total. The van der Waals surface area contributed by atoms with E-state index in [1.54, 1.807) is 6.07 Å². The lowest BCUT2D eigenvalue weighted by molar-refractivity contribution is -0.114. The SMILES string of the molecule is COC(=O)c1c2cccc(C)c2nn1CC1CC(F)(F)C1. The van der Waals surface area contributed by atoms with Gasteiger partial charge in [0.15, 0.2) is 5.69 Å². The Morgan fingerprint density at radius 1 is 1.48 bits per heavy atom. The van der Waals surface area contributed by atoms with E-state index in [9.17, 15) is 13.6 Å². The lowest BCUT2D eigenvalue weighted by atomic mass is 9.81. The summed E-state index contributed by atoms with van der Waals surface area (Å²) in [6.45, 7) is 2.21. The zero-order valence-electron chi connectivity index (χ0n) is 11.9. The van der Waals surface area contributed by atoms with Crippen molar-refractivity contribution in [3.05, 3.63) is 29.5 Å². The van der Waals surface area contributed by atoms with Gasteiger partial charge in [-0.25, -0.2) is 13.6 Å². The Labute approximate surface area is 120 Å². The molecule has 0 saturated heterocycles.